The van der Waals surface area contributed by atoms with Gasteiger partial charge in [-0.25, -0.2) is 25.3 Å². The first-order valence-electron chi connectivity index (χ1n) is 5.40. The zero-order valence-electron chi connectivity index (χ0n) is 10.7. The number of hydrogen-bond acceptors (Lipinski definition) is 10. The van der Waals surface area contributed by atoms with Crippen LogP contribution >= 0.6 is 0 Å². The van der Waals surface area contributed by atoms with Crippen molar-refractivity contribution in [3.8, 4) is 5.75 Å². The third kappa shape index (κ3) is 3.44. The van der Waals surface area contributed by atoms with Gasteiger partial charge in [0, 0.05) is 5.39 Å². The summed E-state index contributed by atoms with van der Waals surface area (Å²) in [4.78, 5) is -3.44. The first-order valence-corrected chi connectivity index (χ1v) is 9.62. The number of benzene rings is 2. The number of phenols is 1. The maximum Gasteiger partial charge on any atom is 0.133 e. The van der Waals surface area contributed by atoms with Gasteiger partial charge in [-0.2, -0.15) is 0 Å². The van der Waals surface area contributed by atoms with Crippen molar-refractivity contribution in [3.63, 3.8) is 0 Å². The summed E-state index contributed by atoms with van der Waals surface area (Å²) in [6.45, 7) is 0. The van der Waals surface area contributed by atoms with E-state index in [4.69, 9.17) is 0 Å². The molecule has 0 aromatic heterocycles. The average molecular weight is 381 g/mol. The van der Waals surface area contributed by atoms with Crippen molar-refractivity contribution in [3.05, 3.63) is 24.3 Å². The van der Waals surface area contributed by atoms with Crippen molar-refractivity contribution < 1.29 is 44.0 Å². The van der Waals surface area contributed by atoms with Crippen LogP contribution in [0.2, 0.25) is 0 Å². The molecule has 0 bridgehead atoms. The van der Waals surface area contributed by atoms with Gasteiger partial charge in [0.2, 0.25) is 0 Å². The SMILES string of the molecule is O=S(=O)([O-])c1cc(S(=O)(=O)[O-])c2cc(O)c(S(=O)(=O)[O-])cc2c1. The van der Waals surface area contributed by atoms with E-state index in [0.717, 1.165) is 0 Å². The summed E-state index contributed by atoms with van der Waals surface area (Å²) in [5.41, 5.74) is 0. The summed E-state index contributed by atoms with van der Waals surface area (Å²) < 4.78 is 99.6. The summed E-state index contributed by atoms with van der Waals surface area (Å²) in [5, 5.41) is 8.45. The molecule has 0 heterocycles. The molecule has 0 aliphatic rings. The third-order valence-electron chi connectivity index (χ3n) is 2.80. The molecule has 0 atom stereocenters. The van der Waals surface area contributed by atoms with E-state index in [1.54, 1.807) is 0 Å². The Morgan fingerprint density at radius 3 is 1.65 bits per heavy atom. The fraction of sp³-hybridized carbons (Fsp3) is 0. The van der Waals surface area contributed by atoms with E-state index in [2.05, 4.69) is 0 Å². The molecular weight excluding hydrogens is 376 g/mol. The van der Waals surface area contributed by atoms with Gasteiger partial charge in [-0.15, -0.1) is 0 Å². The molecule has 0 aliphatic carbocycles. The molecule has 0 spiro atoms. The second kappa shape index (κ2) is 5.12. The first-order chi connectivity index (χ1) is 10.2. The van der Waals surface area contributed by atoms with Crippen LogP contribution in [0.3, 0.4) is 0 Å². The minimum absolute atomic E-state index is 0.289. The van der Waals surface area contributed by atoms with Crippen LogP contribution in [0.1, 0.15) is 0 Å². The molecule has 10 nitrogen and oxygen atoms in total. The molecule has 0 radical (unpaired) electrons. The fourth-order valence-corrected chi connectivity index (χ4v) is 3.78. The normalized spacial score (nSPS) is 13.3. The zero-order valence-corrected chi connectivity index (χ0v) is 13.1. The summed E-state index contributed by atoms with van der Waals surface area (Å²) in [6, 6.07) is 1.85. The van der Waals surface area contributed by atoms with Crippen LogP contribution in [-0.4, -0.2) is 44.0 Å². The highest BCUT2D eigenvalue weighted by Crippen LogP contribution is 2.34. The van der Waals surface area contributed by atoms with Gasteiger partial charge in [-0.05, 0) is 29.7 Å². The monoisotopic (exact) mass is 381 g/mol. The Hall–Kier alpha value is -1.77. The Bertz CT molecular complexity index is 1130. The van der Waals surface area contributed by atoms with Crippen molar-refractivity contribution >= 4 is 41.1 Å². The molecule has 0 saturated heterocycles. The minimum Gasteiger partial charge on any atom is -0.744 e. The quantitative estimate of drug-likeness (QED) is 0.662. The second-order valence-corrected chi connectivity index (χ2v) is 8.40. The van der Waals surface area contributed by atoms with Crippen LogP contribution in [-0.2, 0) is 30.4 Å². The van der Waals surface area contributed by atoms with Crippen molar-refractivity contribution in [1.82, 2.24) is 0 Å². The first kappa shape index (κ1) is 17.6. The molecule has 2 rings (SSSR count). The molecule has 2 aromatic carbocycles. The van der Waals surface area contributed by atoms with E-state index < -0.39 is 61.6 Å². The van der Waals surface area contributed by atoms with E-state index in [1.807, 2.05) is 0 Å². The van der Waals surface area contributed by atoms with Crippen LogP contribution in [0.5, 0.6) is 5.75 Å². The Morgan fingerprint density at radius 2 is 1.22 bits per heavy atom. The molecule has 1 N–H and O–H groups in total. The van der Waals surface area contributed by atoms with E-state index in [0.29, 0.717) is 18.2 Å². The van der Waals surface area contributed by atoms with E-state index in [9.17, 15) is 44.0 Å². The highest BCUT2D eigenvalue weighted by atomic mass is 32.2. The van der Waals surface area contributed by atoms with E-state index >= 15 is 0 Å². The van der Waals surface area contributed by atoms with Gasteiger partial charge in [0.15, 0.2) is 0 Å². The van der Waals surface area contributed by atoms with Gasteiger partial charge in [0.25, 0.3) is 0 Å². The highest BCUT2D eigenvalue weighted by Gasteiger charge is 2.17. The smallest absolute Gasteiger partial charge is 0.133 e. The predicted molar refractivity (Wildman–Crippen MR) is 69.5 cm³/mol. The Morgan fingerprint density at radius 1 is 0.696 bits per heavy atom. The largest absolute Gasteiger partial charge is 0.744 e. The molecule has 0 aliphatic heterocycles. The lowest BCUT2D eigenvalue weighted by molar-refractivity contribution is 0.436. The summed E-state index contributed by atoms with van der Waals surface area (Å²) in [5.74, 6) is -1.13. The Labute approximate surface area is 130 Å². The van der Waals surface area contributed by atoms with Gasteiger partial charge in [-0.1, -0.05) is 0 Å². The number of phenolic OH excluding ortho intramolecular Hbond substituents is 1. The number of rotatable bonds is 3. The molecular formula is C10H5O10S3-3. The van der Waals surface area contributed by atoms with Crippen molar-refractivity contribution in [2.75, 3.05) is 0 Å². The highest BCUT2D eigenvalue weighted by molar-refractivity contribution is 7.87. The minimum atomic E-state index is -5.27. The topological polar surface area (TPSA) is 192 Å². The maximum absolute atomic E-state index is 11.2. The van der Waals surface area contributed by atoms with Crippen LogP contribution in [0.4, 0.5) is 0 Å². The van der Waals surface area contributed by atoms with Gasteiger partial charge in [0.1, 0.15) is 36.1 Å². The number of hydrogen-bond donors (Lipinski definition) is 1. The molecule has 23 heavy (non-hydrogen) atoms. The molecule has 0 fully saturated rings. The van der Waals surface area contributed by atoms with Crippen molar-refractivity contribution in [2.24, 2.45) is 0 Å². The Kier molecular flexibility index (Phi) is 3.91. The van der Waals surface area contributed by atoms with E-state index in [1.165, 1.54) is 0 Å². The van der Waals surface area contributed by atoms with Crippen LogP contribution in [0, 0.1) is 0 Å². The lowest BCUT2D eigenvalue weighted by Gasteiger charge is -2.17. The molecule has 13 heteroatoms. The average Bonchev–Trinajstić information content (AvgIpc) is 2.32. The van der Waals surface area contributed by atoms with Gasteiger partial charge < -0.3 is 18.8 Å². The molecule has 0 amide bonds. The summed E-state index contributed by atoms with van der Waals surface area (Å²) in [6.07, 6.45) is 0. The molecule has 0 unspecified atom stereocenters. The predicted octanol–water partition coefficient (Wildman–Crippen LogP) is -0.742. The van der Waals surface area contributed by atoms with Gasteiger partial charge >= 0.3 is 0 Å². The summed E-state index contributed by atoms with van der Waals surface area (Å²) >= 11 is 0. The standard InChI is InChI=1S/C10H8O10S3/c11-8-4-7-5(2-10(8)23(18,19)20)1-6(21(12,13)14)3-9(7)22(15,16)17/h1-4,11H,(H,12,13,14)(H,15,16,17)(H,18,19,20)/p-3. The van der Waals surface area contributed by atoms with Crippen LogP contribution in [0.25, 0.3) is 10.8 Å². The van der Waals surface area contributed by atoms with Crippen molar-refractivity contribution in [2.45, 2.75) is 14.7 Å². The van der Waals surface area contributed by atoms with Crippen LogP contribution in [0.15, 0.2) is 39.0 Å². The second-order valence-electron chi connectivity index (χ2n) is 4.32. The lowest BCUT2D eigenvalue weighted by atomic mass is 10.1. The molecule has 0 saturated carbocycles. The molecule has 126 valence electrons. The zero-order chi connectivity index (χ0) is 17.8. The van der Waals surface area contributed by atoms with Gasteiger partial charge in [0.05, 0.1) is 14.7 Å². The number of fused-ring (bicyclic) bond motifs is 1. The van der Waals surface area contributed by atoms with Crippen molar-refractivity contribution in [1.29, 1.82) is 0 Å². The summed E-state index contributed by atoms with van der Waals surface area (Å²) in [7, 11) is -15.6. The maximum atomic E-state index is 11.2. The van der Waals surface area contributed by atoms with Gasteiger partial charge in [-0.3, -0.25) is 0 Å². The fourth-order valence-electron chi connectivity index (χ4n) is 1.87. The molecule has 2 aromatic rings. The number of aromatic hydroxyl groups is 1. The Balaban J connectivity index is 3.10. The van der Waals surface area contributed by atoms with Crippen LogP contribution < -0.4 is 0 Å². The lowest BCUT2D eigenvalue weighted by Crippen LogP contribution is -2.06. The van der Waals surface area contributed by atoms with E-state index in [-0.39, 0.29) is 6.07 Å². The third-order valence-corrected chi connectivity index (χ3v) is 5.35.